The lowest BCUT2D eigenvalue weighted by molar-refractivity contribution is -0.137. The van der Waals surface area contributed by atoms with Gasteiger partial charge in [0.05, 0.1) is 23.1 Å². The molecule has 1 aromatic rings. The van der Waals surface area contributed by atoms with Gasteiger partial charge < -0.3 is 5.73 Å². The van der Waals surface area contributed by atoms with Crippen molar-refractivity contribution in [2.75, 3.05) is 0 Å². The lowest BCUT2D eigenvalue weighted by Gasteiger charge is -2.12. The summed E-state index contributed by atoms with van der Waals surface area (Å²) in [5.41, 5.74) is 5.09. The van der Waals surface area contributed by atoms with Crippen molar-refractivity contribution in [2.45, 2.75) is 18.6 Å². The zero-order chi connectivity index (χ0) is 12.3. The lowest BCUT2D eigenvalue weighted by Crippen LogP contribution is -2.11. The van der Waals surface area contributed by atoms with E-state index in [9.17, 15) is 13.2 Å². The van der Waals surface area contributed by atoms with Crippen LogP contribution in [0.5, 0.6) is 0 Å². The Hall–Kier alpha value is -1.25. The molecule has 0 heterocycles. The van der Waals surface area contributed by atoms with Crippen LogP contribution < -0.4 is 5.73 Å². The number of benzene rings is 1. The third kappa shape index (κ3) is 2.87. The Kier molecular flexibility index (Phi) is 3.79. The fraction of sp³-hybridized carbons (Fsp3) is 0.300. The molecule has 6 heteroatoms. The molecule has 1 rings (SSSR count). The molecule has 0 spiro atoms. The van der Waals surface area contributed by atoms with E-state index in [1.54, 1.807) is 0 Å². The number of hydrogen-bond acceptors (Lipinski definition) is 2. The highest BCUT2D eigenvalue weighted by atomic mass is 35.5. The van der Waals surface area contributed by atoms with Gasteiger partial charge in [-0.25, -0.2) is 0 Å². The second-order valence-electron chi connectivity index (χ2n) is 3.21. The number of nitrogens with two attached hydrogens (primary N) is 1. The molecule has 0 saturated heterocycles. The number of hydrogen-bond donors (Lipinski definition) is 1. The van der Waals surface area contributed by atoms with Gasteiger partial charge in [-0.1, -0.05) is 17.7 Å². The van der Waals surface area contributed by atoms with Crippen LogP contribution in [-0.4, -0.2) is 0 Å². The zero-order valence-corrected chi connectivity index (χ0v) is 8.81. The van der Waals surface area contributed by atoms with Crippen molar-refractivity contribution >= 4 is 11.6 Å². The van der Waals surface area contributed by atoms with Crippen LogP contribution in [-0.2, 0) is 6.18 Å². The summed E-state index contributed by atoms with van der Waals surface area (Å²) in [6.07, 6.45) is -4.45. The van der Waals surface area contributed by atoms with Crippen molar-refractivity contribution in [1.82, 2.24) is 0 Å². The Morgan fingerprint density at radius 2 is 2.06 bits per heavy atom. The number of alkyl halides is 3. The van der Waals surface area contributed by atoms with Gasteiger partial charge in [-0.2, -0.15) is 18.4 Å². The summed E-state index contributed by atoms with van der Waals surface area (Å²) in [6.45, 7) is 0. The van der Waals surface area contributed by atoms with Crippen molar-refractivity contribution in [2.24, 2.45) is 5.73 Å². The number of halogens is 4. The third-order valence-corrected chi connectivity index (χ3v) is 2.35. The number of rotatable bonds is 2. The molecule has 0 aliphatic heterocycles. The molecule has 2 N–H and O–H groups in total. The Bertz CT molecular complexity index is 423. The third-order valence-electron chi connectivity index (χ3n) is 2.04. The van der Waals surface area contributed by atoms with Crippen LogP contribution in [0.25, 0.3) is 0 Å². The summed E-state index contributed by atoms with van der Waals surface area (Å²) in [5, 5.41) is 8.00. The molecule has 0 aliphatic carbocycles. The standard InChI is InChI=1S/C10H8ClF3N2/c11-8-5-6(9(16)3-4-15)1-2-7(8)10(12,13)14/h1-2,5,9H,3,16H2. The van der Waals surface area contributed by atoms with Gasteiger partial charge in [0.15, 0.2) is 0 Å². The maximum atomic E-state index is 12.4. The average molecular weight is 249 g/mol. The number of nitriles is 1. The van der Waals surface area contributed by atoms with Crippen molar-refractivity contribution in [3.63, 3.8) is 0 Å². The van der Waals surface area contributed by atoms with Gasteiger partial charge in [-0.3, -0.25) is 0 Å². The van der Waals surface area contributed by atoms with Crippen molar-refractivity contribution < 1.29 is 13.2 Å². The molecular weight excluding hydrogens is 241 g/mol. The van der Waals surface area contributed by atoms with Gasteiger partial charge in [0.1, 0.15) is 0 Å². The molecule has 1 aromatic carbocycles. The maximum absolute atomic E-state index is 12.4. The highest BCUT2D eigenvalue weighted by Gasteiger charge is 2.33. The van der Waals surface area contributed by atoms with Crippen molar-refractivity contribution in [3.05, 3.63) is 34.3 Å². The minimum atomic E-state index is -4.48. The largest absolute Gasteiger partial charge is 0.417 e. The average Bonchev–Trinajstić information content (AvgIpc) is 2.16. The summed E-state index contributed by atoms with van der Waals surface area (Å²) in [4.78, 5) is 0. The minimum Gasteiger partial charge on any atom is -0.323 e. The number of nitrogens with zero attached hydrogens (tertiary/aromatic N) is 1. The van der Waals surface area contributed by atoms with Gasteiger partial charge in [0, 0.05) is 6.04 Å². The van der Waals surface area contributed by atoms with E-state index in [1.807, 2.05) is 6.07 Å². The molecule has 2 nitrogen and oxygen atoms in total. The van der Waals surface area contributed by atoms with E-state index in [2.05, 4.69) is 0 Å². The van der Waals surface area contributed by atoms with E-state index in [1.165, 1.54) is 6.07 Å². The van der Waals surface area contributed by atoms with Crippen LogP contribution >= 0.6 is 11.6 Å². The Labute approximate surface area is 95.4 Å². The molecule has 16 heavy (non-hydrogen) atoms. The predicted octanol–water partition coefficient (Wildman–Crippen LogP) is 3.27. The minimum absolute atomic E-state index is 0.0295. The Morgan fingerprint density at radius 1 is 1.44 bits per heavy atom. The molecule has 0 radical (unpaired) electrons. The topological polar surface area (TPSA) is 49.8 Å². The van der Waals surface area contributed by atoms with E-state index in [4.69, 9.17) is 22.6 Å². The maximum Gasteiger partial charge on any atom is 0.417 e. The van der Waals surface area contributed by atoms with E-state index in [0.717, 1.165) is 12.1 Å². The van der Waals surface area contributed by atoms with Crippen LogP contribution in [0.15, 0.2) is 18.2 Å². The smallest absolute Gasteiger partial charge is 0.323 e. The van der Waals surface area contributed by atoms with Crippen LogP contribution in [0.1, 0.15) is 23.6 Å². The first kappa shape index (κ1) is 12.8. The highest BCUT2D eigenvalue weighted by molar-refractivity contribution is 6.31. The second-order valence-corrected chi connectivity index (χ2v) is 3.61. The fourth-order valence-electron chi connectivity index (χ4n) is 1.21. The van der Waals surface area contributed by atoms with Gasteiger partial charge in [-0.05, 0) is 17.7 Å². The molecular formula is C10H8ClF3N2. The lowest BCUT2D eigenvalue weighted by atomic mass is 10.0. The first-order valence-electron chi connectivity index (χ1n) is 4.35. The second kappa shape index (κ2) is 4.73. The van der Waals surface area contributed by atoms with Crippen LogP contribution in [0.3, 0.4) is 0 Å². The van der Waals surface area contributed by atoms with E-state index < -0.39 is 22.8 Å². The molecule has 0 fully saturated rings. The van der Waals surface area contributed by atoms with E-state index in [0.29, 0.717) is 5.56 Å². The van der Waals surface area contributed by atoms with Gasteiger partial charge in [-0.15, -0.1) is 0 Å². The molecule has 0 aromatic heterocycles. The Morgan fingerprint density at radius 3 is 2.50 bits per heavy atom. The first-order valence-corrected chi connectivity index (χ1v) is 4.73. The van der Waals surface area contributed by atoms with Crippen LogP contribution in [0.4, 0.5) is 13.2 Å². The zero-order valence-electron chi connectivity index (χ0n) is 8.05. The van der Waals surface area contributed by atoms with Crippen molar-refractivity contribution in [3.8, 4) is 6.07 Å². The Balaban J connectivity index is 3.05. The summed E-state index contributed by atoms with van der Waals surface area (Å²) < 4.78 is 37.1. The first-order chi connectivity index (χ1) is 7.36. The van der Waals surface area contributed by atoms with Gasteiger partial charge >= 0.3 is 6.18 Å². The molecule has 0 aliphatic rings. The normalized spacial score (nSPS) is 13.2. The molecule has 0 amide bonds. The van der Waals surface area contributed by atoms with E-state index >= 15 is 0 Å². The SMILES string of the molecule is N#CCC(N)c1ccc(C(F)(F)F)c(Cl)c1. The molecule has 0 bridgehead atoms. The highest BCUT2D eigenvalue weighted by Crippen LogP contribution is 2.35. The van der Waals surface area contributed by atoms with E-state index in [-0.39, 0.29) is 6.42 Å². The molecule has 1 atom stereocenters. The van der Waals surface area contributed by atoms with Crippen LogP contribution in [0, 0.1) is 11.3 Å². The molecule has 1 unspecified atom stereocenters. The summed E-state index contributed by atoms with van der Waals surface area (Å²) in [6, 6.07) is 4.47. The summed E-state index contributed by atoms with van der Waals surface area (Å²) >= 11 is 5.50. The van der Waals surface area contributed by atoms with Crippen molar-refractivity contribution in [1.29, 1.82) is 5.26 Å². The predicted molar refractivity (Wildman–Crippen MR) is 53.6 cm³/mol. The summed E-state index contributed by atoms with van der Waals surface area (Å²) in [5.74, 6) is 0. The van der Waals surface area contributed by atoms with Crippen LogP contribution in [0.2, 0.25) is 5.02 Å². The fourth-order valence-corrected chi connectivity index (χ4v) is 1.50. The monoisotopic (exact) mass is 248 g/mol. The van der Waals surface area contributed by atoms with Gasteiger partial charge in [0.25, 0.3) is 0 Å². The summed E-state index contributed by atoms with van der Waals surface area (Å²) in [7, 11) is 0. The van der Waals surface area contributed by atoms with Gasteiger partial charge in [0.2, 0.25) is 0 Å². The molecule has 0 saturated carbocycles. The molecule has 86 valence electrons. The quantitative estimate of drug-likeness (QED) is 0.873.